The molecule has 0 amide bonds. The van der Waals surface area contributed by atoms with E-state index in [2.05, 4.69) is 32.6 Å². The SMILES string of the molecule is CCc1ccc(NN=C(Sc2nnc(-c3cccnc3)o2)C(=O)c2ccccc2)cc1. The number of ketones is 1. The molecule has 4 aromatic rings. The molecule has 4 rings (SSSR count). The number of nitrogens with one attached hydrogen (secondary N) is 1. The average molecular weight is 430 g/mol. The van der Waals surface area contributed by atoms with Crippen LogP contribution in [0, 0.1) is 0 Å². The number of carbonyl (C=O) groups is 1. The molecule has 0 radical (unpaired) electrons. The number of hydrogen-bond donors (Lipinski definition) is 1. The van der Waals surface area contributed by atoms with Crippen LogP contribution in [0.2, 0.25) is 0 Å². The van der Waals surface area contributed by atoms with Gasteiger partial charge in [-0.2, -0.15) is 5.10 Å². The molecule has 0 fully saturated rings. The van der Waals surface area contributed by atoms with E-state index >= 15 is 0 Å². The molecule has 31 heavy (non-hydrogen) atoms. The molecule has 0 saturated heterocycles. The summed E-state index contributed by atoms with van der Waals surface area (Å²) >= 11 is 1.01. The van der Waals surface area contributed by atoms with E-state index in [1.54, 1.807) is 42.7 Å². The fourth-order valence-corrected chi connectivity index (χ4v) is 3.37. The number of benzene rings is 2. The van der Waals surface area contributed by atoms with Crippen molar-refractivity contribution < 1.29 is 9.21 Å². The molecule has 0 saturated carbocycles. The number of hydrazone groups is 1. The number of anilines is 1. The Kier molecular flexibility index (Phi) is 6.49. The van der Waals surface area contributed by atoms with Crippen LogP contribution in [0.25, 0.3) is 11.5 Å². The molecule has 0 aliphatic rings. The van der Waals surface area contributed by atoms with E-state index in [1.807, 2.05) is 36.4 Å². The van der Waals surface area contributed by atoms with E-state index < -0.39 is 0 Å². The maximum Gasteiger partial charge on any atom is 0.283 e. The molecule has 2 aromatic heterocycles. The quantitative estimate of drug-likeness (QED) is 0.144. The van der Waals surface area contributed by atoms with Crippen molar-refractivity contribution >= 4 is 28.3 Å². The van der Waals surface area contributed by atoms with Crippen molar-refractivity contribution in [2.24, 2.45) is 5.10 Å². The highest BCUT2D eigenvalue weighted by molar-refractivity contribution is 8.15. The van der Waals surface area contributed by atoms with Gasteiger partial charge in [-0.15, -0.1) is 10.2 Å². The second kappa shape index (κ2) is 9.82. The Bertz CT molecular complexity index is 1180. The first-order valence-electron chi connectivity index (χ1n) is 9.67. The van der Waals surface area contributed by atoms with Crippen LogP contribution in [0.4, 0.5) is 5.69 Å². The van der Waals surface area contributed by atoms with Crippen LogP contribution >= 0.6 is 11.8 Å². The van der Waals surface area contributed by atoms with Gasteiger partial charge in [0.2, 0.25) is 11.7 Å². The molecule has 0 spiro atoms. The number of aromatic nitrogens is 3. The van der Waals surface area contributed by atoms with Gasteiger partial charge in [-0.3, -0.25) is 15.2 Å². The zero-order valence-corrected chi connectivity index (χ0v) is 17.5. The number of carbonyl (C=O) groups excluding carboxylic acids is 1. The van der Waals surface area contributed by atoms with Crippen LogP contribution < -0.4 is 5.43 Å². The molecule has 0 aliphatic carbocycles. The maximum absolute atomic E-state index is 13.1. The molecule has 0 atom stereocenters. The fourth-order valence-electron chi connectivity index (χ4n) is 2.70. The van der Waals surface area contributed by atoms with Crippen LogP contribution in [0.1, 0.15) is 22.8 Å². The first kappa shape index (κ1) is 20.5. The predicted molar refractivity (Wildman–Crippen MR) is 121 cm³/mol. The Labute approximate surface area is 183 Å². The molecule has 8 heteroatoms. The Morgan fingerprint density at radius 1 is 1.03 bits per heavy atom. The number of rotatable bonds is 7. The summed E-state index contributed by atoms with van der Waals surface area (Å²) < 4.78 is 5.71. The molecule has 154 valence electrons. The highest BCUT2D eigenvalue weighted by Gasteiger charge is 2.20. The van der Waals surface area contributed by atoms with E-state index in [-0.39, 0.29) is 16.0 Å². The molecule has 7 nitrogen and oxygen atoms in total. The minimum absolute atomic E-state index is 0.187. The minimum Gasteiger partial charge on any atom is -0.411 e. The zero-order valence-electron chi connectivity index (χ0n) is 16.7. The van der Waals surface area contributed by atoms with Crippen molar-refractivity contribution in [3.05, 3.63) is 90.3 Å². The second-order valence-electron chi connectivity index (χ2n) is 6.49. The molecule has 0 bridgehead atoms. The number of hydrogen-bond acceptors (Lipinski definition) is 8. The summed E-state index contributed by atoms with van der Waals surface area (Å²) in [6.07, 6.45) is 4.25. The summed E-state index contributed by atoms with van der Waals surface area (Å²) in [7, 11) is 0. The second-order valence-corrected chi connectivity index (χ2v) is 7.43. The van der Waals surface area contributed by atoms with Crippen LogP contribution in [-0.4, -0.2) is 26.0 Å². The highest BCUT2D eigenvalue weighted by Crippen LogP contribution is 2.25. The van der Waals surface area contributed by atoms with Crippen molar-refractivity contribution in [2.45, 2.75) is 18.6 Å². The summed E-state index contributed by atoms with van der Waals surface area (Å²) in [5, 5.41) is 12.8. The number of pyridine rings is 1. The lowest BCUT2D eigenvalue weighted by molar-refractivity contribution is 0.106. The summed E-state index contributed by atoms with van der Waals surface area (Å²) in [6, 6.07) is 20.4. The standard InChI is InChI=1S/C23H19N5O2S/c1-2-16-10-12-19(13-11-16)25-27-22(20(29)17-7-4-3-5-8-17)31-23-28-26-21(30-23)18-9-6-14-24-15-18/h3-15,25H,2H2,1H3. The van der Waals surface area contributed by atoms with Gasteiger partial charge in [0.15, 0.2) is 5.04 Å². The summed E-state index contributed by atoms with van der Waals surface area (Å²) in [4.78, 5) is 17.1. The Balaban J connectivity index is 1.59. The van der Waals surface area contributed by atoms with E-state index in [0.29, 0.717) is 17.0 Å². The van der Waals surface area contributed by atoms with Gasteiger partial charge in [-0.1, -0.05) is 49.4 Å². The van der Waals surface area contributed by atoms with Gasteiger partial charge in [0.05, 0.1) is 11.3 Å². The van der Waals surface area contributed by atoms with Crippen molar-refractivity contribution in [3.63, 3.8) is 0 Å². The topological polar surface area (TPSA) is 93.3 Å². The van der Waals surface area contributed by atoms with Crippen LogP contribution in [-0.2, 0) is 6.42 Å². The number of nitrogens with zero attached hydrogens (tertiary/aromatic N) is 4. The zero-order chi connectivity index (χ0) is 21.5. The number of Topliss-reactive ketones (excluding diaryl/α,β-unsaturated/α-hetero) is 1. The third-order valence-electron chi connectivity index (χ3n) is 4.38. The summed E-state index contributed by atoms with van der Waals surface area (Å²) in [6.45, 7) is 2.10. The highest BCUT2D eigenvalue weighted by atomic mass is 32.2. The Hall–Kier alpha value is -3.78. The van der Waals surface area contributed by atoms with Gasteiger partial charge >= 0.3 is 0 Å². The Morgan fingerprint density at radius 3 is 2.55 bits per heavy atom. The van der Waals surface area contributed by atoms with Crippen LogP contribution in [0.5, 0.6) is 0 Å². The molecular weight excluding hydrogens is 410 g/mol. The summed E-state index contributed by atoms with van der Waals surface area (Å²) in [5.41, 5.74) is 6.16. The maximum atomic E-state index is 13.1. The Morgan fingerprint density at radius 2 is 1.84 bits per heavy atom. The lowest BCUT2D eigenvalue weighted by Crippen LogP contribution is -2.13. The van der Waals surface area contributed by atoms with Crippen LogP contribution in [0.15, 0.2) is 93.9 Å². The summed E-state index contributed by atoms with van der Waals surface area (Å²) in [5.74, 6) is 0.0784. The predicted octanol–water partition coefficient (Wildman–Crippen LogP) is 5.09. The normalized spacial score (nSPS) is 11.3. The average Bonchev–Trinajstić information content (AvgIpc) is 3.31. The van der Waals surface area contributed by atoms with E-state index in [0.717, 1.165) is 23.9 Å². The molecular formula is C23H19N5O2S. The van der Waals surface area contributed by atoms with Crippen molar-refractivity contribution in [1.29, 1.82) is 0 Å². The molecule has 0 unspecified atom stereocenters. The van der Waals surface area contributed by atoms with E-state index in [4.69, 9.17) is 4.42 Å². The lowest BCUT2D eigenvalue weighted by atomic mass is 10.1. The molecule has 2 heterocycles. The van der Waals surface area contributed by atoms with Crippen molar-refractivity contribution in [3.8, 4) is 11.5 Å². The van der Waals surface area contributed by atoms with Gasteiger partial charge in [0.25, 0.3) is 5.22 Å². The van der Waals surface area contributed by atoms with E-state index in [9.17, 15) is 4.79 Å². The number of aryl methyl sites for hydroxylation is 1. The monoisotopic (exact) mass is 429 g/mol. The first-order valence-corrected chi connectivity index (χ1v) is 10.5. The third kappa shape index (κ3) is 5.23. The van der Waals surface area contributed by atoms with Crippen LogP contribution in [0.3, 0.4) is 0 Å². The molecule has 1 N–H and O–H groups in total. The smallest absolute Gasteiger partial charge is 0.283 e. The fraction of sp³-hybridized carbons (Fsp3) is 0.0870. The van der Waals surface area contributed by atoms with Gasteiger partial charge in [0, 0.05) is 18.0 Å². The third-order valence-corrected chi connectivity index (χ3v) is 5.19. The van der Waals surface area contributed by atoms with Crippen molar-refractivity contribution in [2.75, 3.05) is 5.43 Å². The van der Waals surface area contributed by atoms with Gasteiger partial charge in [0.1, 0.15) is 0 Å². The first-order chi connectivity index (χ1) is 15.2. The lowest BCUT2D eigenvalue weighted by Gasteiger charge is -2.06. The van der Waals surface area contributed by atoms with Crippen molar-refractivity contribution in [1.82, 2.24) is 15.2 Å². The van der Waals surface area contributed by atoms with Gasteiger partial charge < -0.3 is 4.42 Å². The minimum atomic E-state index is -0.246. The molecule has 2 aromatic carbocycles. The number of thioether (sulfide) groups is 1. The molecule has 0 aliphatic heterocycles. The van der Waals surface area contributed by atoms with E-state index in [1.165, 1.54) is 5.56 Å². The van der Waals surface area contributed by atoms with Gasteiger partial charge in [-0.25, -0.2) is 0 Å². The largest absolute Gasteiger partial charge is 0.411 e. The van der Waals surface area contributed by atoms with Gasteiger partial charge in [-0.05, 0) is 48.0 Å².